The fourth-order valence-electron chi connectivity index (χ4n) is 0.841. The zero-order chi connectivity index (χ0) is 9.97. The molecule has 0 aliphatic carbocycles. The topological polar surface area (TPSA) is 46.0 Å². The Morgan fingerprint density at radius 1 is 1.64 bits per heavy atom. The minimum Gasteiger partial charge on any atom is -0.250 e. The largest absolute Gasteiger partial charge is 0.250 e. The van der Waals surface area contributed by atoms with Crippen molar-refractivity contribution in [1.29, 1.82) is 0 Å². The SMILES string of the molecule is S=c1[nH]ncn1/N=C/c1ccc(Br)s1. The molecule has 2 rings (SSSR count). The summed E-state index contributed by atoms with van der Waals surface area (Å²) in [5.41, 5.74) is 0. The molecule has 0 unspecified atom stereocenters. The summed E-state index contributed by atoms with van der Waals surface area (Å²) < 4.78 is 3.06. The fourth-order valence-corrected chi connectivity index (χ4v) is 2.28. The molecule has 0 aromatic carbocycles. The predicted octanol–water partition coefficient (Wildman–Crippen LogP) is 2.65. The lowest BCUT2D eigenvalue weighted by Crippen LogP contribution is -1.86. The van der Waals surface area contributed by atoms with Gasteiger partial charge >= 0.3 is 0 Å². The normalized spacial score (nSPS) is 11.2. The van der Waals surface area contributed by atoms with Gasteiger partial charge in [-0.2, -0.15) is 14.9 Å². The summed E-state index contributed by atoms with van der Waals surface area (Å²) >= 11 is 9.91. The lowest BCUT2D eigenvalue weighted by Gasteiger charge is -1.87. The molecule has 14 heavy (non-hydrogen) atoms. The van der Waals surface area contributed by atoms with Crippen molar-refractivity contribution in [3.05, 3.63) is 31.9 Å². The Hall–Kier alpha value is -0.790. The first-order valence-electron chi connectivity index (χ1n) is 3.67. The molecule has 7 heteroatoms. The molecule has 2 aromatic heterocycles. The Morgan fingerprint density at radius 3 is 3.07 bits per heavy atom. The quantitative estimate of drug-likeness (QED) is 0.682. The maximum absolute atomic E-state index is 4.93. The van der Waals surface area contributed by atoms with Crippen LogP contribution < -0.4 is 0 Å². The highest BCUT2D eigenvalue weighted by Gasteiger charge is 1.93. The lowest BCUT2D eigenvalue weighted by molar-refractivity contribution is 0.863. The smallest absolute Gasteiger partial charge is 0.216 e. The van der Waals surface area contributed by atoms with Crippen LogP contribution >= 0.6 is 39.5 Å². The molecule has 0 aliphatic rings. The summed E-state index contributed by atoms with van der Waals surface area (Å²) in [4.78, 5) is 1.06. The molecular formula is C7H5BrN4S2. The third-order valence-corrected chi connectivity index (χ3v) is 3.28. The molecule has 0 atom stereocenters. The summed E-state index contributed by atoms with van der Waals surface area (Å²) in [6.45, 7) is 0. The van der Waals surface area contributed by atoms with E-state index in [9.17, 15) is 0 Å². The second kappa shape index (κ2) is 4.16. The Labute approximate surface area is 97.4 Å². The van der Waals surface area contributed by atoms with Gasteiger partial charge in [0.05, 0.1) is 10.0 Å². The number of thiophene rings is 1. The first-order valence-corrected chi connectivity index (χ1v) is 5.69. The highest BCUT2D eigenvalue weighted by atomic mass is 79.9. The van der Waals surface area contributed by atoms with E-state index >= 15 is 0 Å². The number of aromatic nitrogens is 3. The van der Waals surface area contributed by atoms with Crippen LogP contribution in [0.5, 0.6) is 0 Å². The van der Waals surface area contributed by atoms with E-state index in [1.807, 2.05) is 12.1 Å². The van der Waals surface area contributed by atoms with Gasteiger partial charge in [-0.3, -0.25) is 5.10 Å². The molecule has 1 N–H and O–H groups in total. The minimum absolute atomic E-state index is 0.483. The van der Waals surface area contributed by atoms with Gasteiger partial charge in [0.25, 0.3) is 0 Å². The van der Waals surface area contributed by atoms with Crippen molar-refractivity contribution in [3.63, 3.8) is 0 Å². The van der Waals surface area contributed by atoms with E-state index in [-0.39, 0.29) is 0 Å². The molecule has 0 bridgehead atoms. The van der Waals surface area contributed by atoms with Gasteiger partial charge in [-0.05, 0) is 40.3 Å². The molecule has 0 aliphatic heterocycles. The zero-order valence-electron chi connectivity index (χ0n) is 6.85. The summed E-state index contributed by atoms with van der Waals surface area (Å²) in [6.07, 6.45) is 3.27. The van der Waals surface area contributed by atoms with Crippen LogP contribution in [0.4, 0.5) is 0 Å². The summed E-state index contributed by atoms with van der Waals surface area (Å²) in [6, 6.07) is 3.95. The Balaban J connectivity index is 2.23. The van der Waals surface area contributed by atoms with Crippen molar-refractivity contribution < 1.29 is 0 Å². The Morgan fingerprint density at radius 2 is 2.50 bits per heavy atom. The average molecular weight is 289 g/mol. The number of hydrogen-bond donors (Lipinski definition) is 1. The van der Waals surface area contributed by atoms with Gasteiger partial charge in [0.2, 0.25) is 4.77 Å². The van der Waals surface area contributed by atoms with E-state index in [0.29, 0.717) is 4.77 Å². The van der Waals surface area contributed by atoms with Crippen LogP contribution in [0.15, 0.2) is 27.3 Å². The first-order chi connectivity index (χ1) is 6.75. The standard InChI is InChI=1S/C7H5BrN4S2/c8-6-2-1-5(14-6)3-10-12-4-9-11-7(12)13/h1-4H,(H,11,13)/b10-3+. The zero-order valence-corrected chi connectivity index (χ0v) is 10.1. The Kier molecular flexibility index (Phi) is 2.90. The molecule has 0 amide bonds. The van der Waals surface area contributed by atoms with Gasteiger partial charge in [0.1, 0.15) is 6.33 Å². The van der Waals surface area contributed by atoms with Crippen molar-refractivity contribution in [3.8, 4) is 0 Å². The van der Waals surface area contributed by atoms with Crippen molar-refractivity contribution in [2.75, 3.05) is 0 Å². The lowest BCUT2D eigenvalue weighted by atomic mass is 10.5. The molecule has 2 aromatic rings. The number of rotatable bonds is 2. The van der Waals surface area contributed by atoms with Crippen molar-refractivity contribution >= 4 is 45.7 Å². The number of nitrogens with zero attached hydrogens (tertiary/aromatic N) is 3. The molecule has 0 spiro atoms. The van der Waals surface area contributed by atoms with Crippen LogP contribution in [0.2, 0.25) is 0 Å². The maximum Gasteiger partial charge on any atom is 0.216 e. The predicted molar refractivity (Wildman–Crippen MR) is 62.4 cm³/mol. The summed E-state index contributed by atoms with van der Waals surface area (Å²) in [7, 11) is 0. The number of halogens is 1. The Bertz CT molecular complexity index is 509. The number of nitrogens with one attached hydrogen (secondary N) is 1. The third kappa shape index (κ3) is 2.17. The van der Waals surface area contributed by atoms with Crippen LogP contribution in [0.3, 0.4) is 0 Å². The van der Waals surface area contributed by atoms with Gasteiger partial charge in [0.15, 0.2) is 0 Å². The molecule has 0 fully saturated rings. The monoisotopic (exact) mass is 288 g/mol. The fraction of sp³-hybridized carbons (Fsp3) is 0. The van der Waals surface area contributed by atoms with E-state index < -0.39 is 0 Å². The van der Waals surface area contributed by atoms with E-state index in [4.69, 9.17) is 12.2 Å². The maximum atomic E-state index is 4.93. The van der Waals surface area contributed by atoms with Crippen LogP contribution in [0.25, 0.3) is 0 Å². The average Bonchev–Trinajstić information content (AvgIpc) is 2.72. The third-order valence-electron chi connectivity index (χ3n) is 1.44. The van der Waals surface area contributed by atoms with Gasteiger partial charge in [-0.25, -0.2) is 0 Å². The van der Waals surface area contributed by atoms with Crippen LogP contribution in [0, 0.1) is 4.77 Å². The van der Waals surface area contributed by atoms with Crippen LogP contribution in [0.1, 0.15) is 4.88 Å². The number of aromatic amines is 1. The molecular weight excluding hydrogens is 284 g/mol. The molecule has 0 saturated heterocycles. The first kappa shape index (κ1) is 9.75. The summed E-state index contributed by atoms with van der Waals surface area (Å²) in [5.74, 6) is 0. The molecule has 72 valence electrons. The van der Waals surface area contributed by atoms with Crippen LogP contribution in [-0.2, 0) is 0 Å². The molecule has 0 radical (unpaired) electrons. The number of H-pyrrole nitrogens is 1. The highest BCUT2D eigenvalue weighted by Crippen LogP contribution is 2.20. The van der Waals surface area contributed by atoms with E-state index in [0.717, 1.165) is 8.66 Å². The van der Waals surface area contributed by atoms with E-state index in [2.05, 4.69) is 31.2 Å². The van der Waals surface area contributed by atoms with Crippen molar-refractivity contribution in [1.82, 2.24) is 14.9 Å². The van der Waals surface area contributed by atoms with Crippen molar-refractivity contribution in [2.45, 2.75) is 0 Å². The minimum atomic E-state index is 0.483. The van der Waals surface area contributed by atoms with E-state index in [1.54, 1.807) is 17.6 Å². The van der Waals surface area contributed by atoms with Crippen LogP contribution in [-0.4, -0.2) is 21.1 Å². The molecule has 4 nitrogen and oxygen atoms in total. The van der Waals surface area contributed by atoms with E-state index in [1.165, 1.54) is 11.0 Å². The number of hydrogen-bond acceptors (Lipinski definition) is 4. The van der Waals surface area contributed by atoms with Gasteiger partial charge < -0.3 is 0 Å². The second-order valence-electron chi connectivity index (χ2n) is 2.39. The van der Waals surface area contributed by atoms with Gasteiger partial charge in [-0.15, -0.1) is 11.3 Å². The second-order valence-corrected chi connectivity index (χ2v) is 5.27. The highest BCUT2D eigenvalue weighted by molar-refractivity contribution is 9.11. The summed E-state index contributed by atoms with van der Waals surface area (Å²) in [5, 5.41) is 10.5. The van der Waals surface area contributed by atoms with Gasteiger partial charge in [0, 0.05) is 4.88 Å². The molecule has 0 saturated carbocycles. The molecule has 2 heterocycles. The van der Waals surface area contributed by atoms with Crippen molar-refractivity contribution in [2.24, 2.45) is 5.10 Å². The van der Waals surface area contributed by atoms with Gasteiger partial charge in [-0.1, -0.05) is 0 Å².